The van der Waals surface area contributed by atoms with E-state index in [-0.39, 0.29) is 42.0 Å². The first-order valence-corrected chi connectivity index (χ1v) is 12.3. The van der Waals surface area contributed by atoms with Crippen molar-refractivity contribution in [3.63, 3.8) is 0 Å². The highest BCUT2D eigenvalue weighted by Crippen LogP contribution is 2.47. The molecule has 3 fully saturated rings. The summed E-state index contributed by atoms with van der Waals surface area (Å²) in [4.78, 5) is 14.6. The van der Waals surface area contributed by atoms with Crippen molar-refractivity contribution >= 4 is 18.7 Å². The molecule has 0 N–H and O–H groups in total. The monoisotopic (exact) mass is 457 g/mol. The lowest BCUT2D eigenvalue weighted by atomic mass is 9.71. The molecule has 1 saturated carbocycles. The van der Waals surface area contributed by atoms with E-state index in [4.69, 9.17) is 18.8 Å². The van der Waals surface area contributed by atoms with Crippen molar-refractivity contribution in [1.82, 2.24) is 4.90 Å². The van der Waals surface area contributed by atoms with Crippen LogP contribution in [0.1, 0.15) is 81.1 Å². The molecule has 0 bridgehead atoms. The third kappa shape index (κ3) is 4.90. The Balaban J connectivity index is 1.36. The third-order valence-corrected chi connectivity index (χ3v) is 7.90. The van der Waals surface area contributed by atoms with Gasteiger partial charge in [0.05, 0.1) is 17.3 Å². The van der Waals surface area contributed by atoms with E-state index in [0.29, 0.717) is 0 Å². The molecule has 33 heavy (non-hydrogen) atoms. The highest BCUT2D eigenvalue weighted by Gasteiger charge is 2.52. The standard InChI is InChI=1S/C26H40BNO5/c1-23(2,3)31-22(29)28-16-15-26(8)17-20(13-14-21(26)28)30-19-11-9-18(10-12-19)27-32-24(4,5)25(6,7)33-27/h9-12,20-21H,13-17H2,1-8H3/t20-,21-,26+/m1/s1. The Morgan fingerprint density at radius 2 is 1.64 bits per heavy atom. The molecule has 6 nitrogen and oxygen atoms in total. The lowest BCUT2D eigenvalue weighted by Gasteiger charge is -2.42. The Morgan fingerprint density at radius 1 is 1.03 bits per heavy atom. The van der Waals surface area contributed by atoms with E-state index in [9.17, 15) is 4.79 Å². The van der Waals surface area contributed by atoms with E-state index < -0.39 is 5.60 Å². The summed E-state index contributed by atoms with van der Waals surface area (Å²) in [5.41, 5.74) is -0.115. The van der Waals surface area contributed by atoms with Crippen LogP contribution in [0.2, 0.25) is 0 Å². The molecule has 1 aromatic rings. The normalized spacial score (nSPS) is 30.8. The van der Waals surface area contributed by atoms with E-state index >= 15 is 0 Å². The molecular weight excluding hydrogens is 417 g/mol. The van der Waals surface area contributed by atoms with Crippen molar-refractivity contribution in [2.45, 2.75) is 110 Å². The van der Waals surface area contributed by atoms with E-state index in [0.717, 1.165) is 43.4 Å². The highest BCUT2D eigenvalue weighted by molar-refractivity contribution is 6.62. The summed E-state index contributed by atoms with van der Waals surface area (Å²) in [5, 5.41) is 0. The summed E-state index contributed by atoms with van der Waals surface area (Å²) in [5.74, 6) is 0.865. The fraction of sp³-hybridized carbons (Fsp3) is 0.731. The van der Waals surface area contributed by atoms with Crippen LogP contribution in [0.25, 0.3) is 0 Å². The smallest absolute Gasteiger partial charge is 0.490 e. The van der Waals surface area contributed by atoms with Crippen LogP contribution < -0.4 is 10.2 Å². The summed E-state index contributed by atoms with van der Waals surface area (Å²) < 4.78 is 24.3. The number of amides is 1. The first kappa shape index (κ1) is 24.4. The molecule has 2 saturated heterocycles. The van der Waals surface area contributed by atoms with Crippen LogP contribution in [0.4, 0.5) is 4.79 Å². The van der Waals surface area contributed by atoms with Gasteiger partial charge in [0, 0.05) is 12.6 Å². The van der Waals surface area contributed by atoms with Crippen LogP contribution in [0.3, 0.4) is 0 Å². The molecule has 0 spiro atoms. The first-order chi connectivity index (χ1) is 15.2. The Labute approximate surface area is 199 Å². The van der Waals surface area contributed by atoms with Gasteiger partial charge in [0.1, 0.15) is 11.4 Å². The summed E-state index contributed by atoms with van der Waals surface area (Å²) in [6.07, 6.45) is 3.75. The predicted octanol–water partition coefficient (Wildman–Crippen LogP) is 4.93. The lowest BCUT2D eigenvalue weighted by Crippen LogP contribution is -2.48. The SMILES string of the molecule is CC(C)(C)OC(=O)N1CC[C@@]2(C)C[C@H](Oc3ccc(B4OC(C)(C)C(C)(C)O4)cc3)CC[C@@H]12. The number of ether oxygens (including phenoxy) is 2. The molecule has 2 heterocycles. The Hall–Kier alpha value is -1.73. The topological polar surface area (TPSA) is 57.2 Å². The van der Waals surface area contributed by atoms with E-state index in [1.807, 2.05) is 49.9 Å². The van der Waals surface area contributed by atoms with Gasteiger partial charge in [0.25, 0.3) is 0 Å². The maximum absolute atomic E-state index is 12.7. The van der Waals surface area contributed by atoms with Crippen molar-refractivity contribution in [2.24, 2.45) is 5.41 Å². The molecule has 0 unspecified atom stereocenters. The molecule has 7 heteroatoms. The fourth-order valence-corrected chi connectivity index (χ4v) is 5.30. The molecule has 4 rings (SSSR count). The van der Waals surface area contributed by atoms with Crippen LogP contribution in [0.15, 0.2) is 24.3 Å². The van der Waals surface area contributed by atoms with Gasteiger partial charge in [-0.25, -0.2) is 4.79 Å². The molecule has 3 atom stereocenters. The van der Waals surface area contributed by atoms with Gasteiger partial charge in [0.15, 0.2) is 0 Å². The zero-order valence-electron chi connectivity index (χ0n) is 21.6. The summed E-state index contributed by atoms with van der Waals surface area (Å²) in [7, 11) is -0.365. The van der Waals surface area contributed by atoms with Gasteiger partial charge in [-0.3, -0.25) is 0 Å². The number of likely N-dealkylation sites (tertiary alicyclic amines) is 1. The number of hydrogen-bond donors (Lipinski definition) is 0. The molecule has 0 aromatic heterocycles. The van der Waals surface area contributed by atoms with Crippen LogP contribution >= 0.6 is 0 Å². The molecular formula is C26H40BNO5. The minimum atomic E-state index is -0.470. The average Bonchev–Trinajstić information content (AvgIpc) is 3.13. The van der Waals surface area contributed by atoms with Gasteiger partial charge in [-0.05, 0) is 97.2 Å². The minimum absolute atomic E-state index is 0.0580. The van der Waals surface area contributed by atoms with Gasteiger partial charge >= 0.3 is 13.2 Å². The van der Waals surface area contributed by atoms with Crippen LogP contribution in [-0.4, -0.2) is 53.6 Å². The number of fused-ring (bicyclic) bond motifs is 1. The number of carbonyl (C=O) groups is 1. The van der Waals surface area contributed by atoms with Crippen LogP contribution in [-0.2, 0) is 14.0 Å². The molecule has 2 aliphatic heterocycles. The number of benzene rings is 1. The second-order valence-corrected chi connectivity index (χ2v) is 12.3. The summed E-state index contributed by atoms with van der Waals surface area (Å²) in [6, 6.07) is 8.31. The van der Waals surface area contributed by atoms with Crippen LogP contribution in [0.5, 0.6) is 5.75 Å². The van der Waals surface area contributed by atoms with Gasteiger partial charge in [0.2, 0.25) is 0 Å². The number of carbonyl (C=O) groups excluding carboxylic acids is 1. The lowest BCUT2D eigenvalue weighted by molar-refractivity contribution is -0.000863. The molecule has 1 aromatic carbocycles. The van der Waals surface area contributed by atoms with Crippen molar-refractivity contribution in [2.75, 3.05) is 6.54 Å². The van der Waals surface area contributed by atoms with E-state index in [2.05, 4.69) is 34.6 Å². The van der Waals surface area contributed by atoms with Gasteiger partial charge in [-0.2, -0.15) is 0 Å². The maximum atomic E-state index is 12.7. The Bertz CT molecular complexity index is 862. The summed E-state index contributed by atoms with van der Waals surface area (Å²) in [6.45, 7) is 17.1. The average molecular weight is 457 g/mol. The zero-order valence-corrected chi connectivity index (χ0v) is 21.6. The van der Waals surface area contributed by atoms with Gasteiger partial charge in [-0.15, -0.1) is 0 Å². The fourth-order valence-electron chi connectivity index (χ4n) is 5.30. The van der Waals surface area contributed by atoms with Crippen LogP contribution in [0, 0.1) is 5.41 Å². The quantitative estimate of drug-likeness (QED) is 0.603. The van der Waals surface area contributed by atoms with Crippen molar-refractivity contribution in [3.8, 4) is 5.75 Å². The van der Waals surface area contributed by atoms with E-state index in [1.54, 1.807) is 0 Å². The molecule has 0 radical (unpaired) electrons. The minimum Gasteiger partial charge on any atom is -0.490 e. The van der Waals surface area contributed by atoms with Crippen molar-refractivity contribution < 1.29 is 23.6 Å². The van der Waals surface area contributed by atoms with Gasteiger partial charge in [-0.1, -0.05) is 19.1 Å². The van der Waals surface area contributed by atoms with Crippen molar-refractivity contribution in [1.29, 1.82) is 0 Å². The highest BCUT2D eigenvalue weighted by atomic mass is 16.7. The zero-order chi connectivity index (χ0) is 24.2. The second kappa shape index (κ2) is 8.19. The number of rotatable bonds is 3. The number of nitrogens with zero attached hydrogens (tertiary/aromatic N) is 1. The Morgan fingerprint density at radius 3 is 2.21 bits per heavy atom. The molecule has 182 valence electrons. The Kier molecular flexibility index (Phi) is 6.06. The van der Waals surface area contributed by atoms with E-state index in [1.165, 1.54) is 0 Å². The largest absolute Gasteiger partial charge is 0.494 e. The molecule has 3 aliphatic rings. The molecule has 1 amide bonds. The maximum Gasteiger partial charge on any atom is 0.494 e. The van der Waals surface area contributed by atoms with Crippen molar-refractivity contribution in [3.05, 3.63) is 24.3 Å². The first-order valence-electron chi connectivity index (χ1n) is 12.3. The third-order valence-electron chi connectivity index (χ3n) is 7.90. The summed E-state index contributed by atoms with van der Waals surface area (Å²) >= 11 is 0. The second-order valence-electron chi connectivity index (χ2n) is 12.3. The predicted molar refractivity (Wildman–Crippen MR) is 130 cm³/mol. The molecule has 1 aliphatic carbocycles. The number of hydrogen-bond acceptors (Lipinski definition) is 5. The van der Waals surface area contributed by atoms with Gasteiger partial charge < -0.3 is 23.7 Å².